The predicted octanol–water partition coefficient (Wildman–Crippen LogP) is 2.87. The SMILES string of the molecule is CC(C)(C)N1CCC2CCCCC2C1.CN. The molecule has 2 N–H and O–H groups in total. The van der Waals surface area contributed by atoms with E-state index in [4.69, 9.17) is 0 Å². The van der Waals surface area contributed by atoms with E-state index in [1.54, 1.807) is 0 Å². The summed E-state index contributed by atoms with van der Waals surface area (Å²) in [6.07, 6.45) is 7.46. The monoisotopic (exact) mass is 226 g/mol. The van der Waals surface area contributed by atoms with Gasteiger partial charge in [0.15, 0.2) is 0 Å². The highest BCUT2D eigenvalue weighted by atomic mass is 15.2. The summed E-state index contributed by atoms with van der Waals surface area (Å²) in [4.78, 5) is 2.69. The summed E-state index contributed by atoms with van der Waals surface area (Å²) in [5.41, 5.74) is 4.89. The maximum absolute atomic E-state index is 4.50. The van der Waals surface area contributed by atoms with Gasteiger partial charge in [0, 0.05) is 12.1 Å². The first-order valence-corrected chi connectivity index (χ1v) is 6.90. The van der Waals surface area contributed by atoms with Crippen molar-refractivity contribution in [2.75, 3.05) is 20.1 Å². The van der Waals surface area contributed by atoms with Crippen molar-refractivity contribution >= 4 is 0 Å². The van der Waals surface area contributed by atoms with Crippen LogP contribution >= 0.6 is 0 Å². The molecular formula is C14H30N2. The number of piperidine rings is 1. The Kier molecular flexibility index (Phi) is 5.26. The van der Waals surface area contributed by atoms with E-state index in [1.165, 1.54) is 52.2 Å². The predicted molar refractivity (Wildman–Crippen MR) is 71.5 cm³/mol. The molecule has 0 aromatic rings. The lowest BCUT2D eigenvalue weighted by Crippen LogP contribution is -2.50. The molecule has 96 valence electrons. The molecule has 0 bridgehead atoms. The van der Waals surface area contributed by atoms with Crippen molar-refractivity contribution in [3.8, 4) is 0 Å². The molecule has 2 fully saturated rings. The average molecular weight is 226 g/mol. The standard InChI is InChI=1S/C13H25N.CH5N/c1-13(2,3)14-9-8-11-6-4-5-7-12(11)10-14;1-2/h11-12H,4-10H2,1-3H3;2H2,1H3. The molecule has 2 unspecified atom stereocenters. The van der Waals surface area contributed by atoms with Gasteiger partial charge in [-0.05, 0) is 59.0 Å². The van der Waals surface area contributed by atoms with Crippen LogP contribution in [0.2, 0.25) is 0 Å². The number of nitrogens with zero attached hydrogens (tertiary/aromatic N) is 1. The first kappa shape index (κ1) is 14.0. The van der Waals surface area contributed by atoms with Crippen molar-refractivity contribution in [1.82, 2.24) is 4.90 Å². The maximum atomic E-state index is 4.50. The topological polar surface area (TPSA) is 29.3 Å². The minimum Gasteiger partial charge on any atom is -0.333 e. The Bertz CT molecular complexity index is 195. The Morgan fingerprint density at radius 3 is 2.06 bits per heavy atom. The van der Waals surface area contributed by atoms with E-state index in [0.29, 0.717) is 5.54 Å². The molecule has 0 aromatic heterocycles. The summed E-state index contributed by atoms with van der Waals surface area (Å²) < 4.78 is 0. The van der Waals surface area contributed by atoms with Gasteiger partial charge in [-0.1, -0.05) is 19.3 Å². The van der Waals surface area contributed by atoms with Crippen LogP contribution in [-0.2, 0) is 0 Å². The first-order chi connectivity index (χ1) is 7.57. The third-order valence-corrected chi connectivity index (χ3v) is 4.24. The van der Waals surface area contributed by atoms with Gasteiger partial charge in [-0.15, -0.1) is 0 Å². The lowest BCUT2D eigenvalue weighted by Gasteiger charge is -2.46. The van der Waals surface area contributed by atoms with Crippen molar-refractivity contribution < 1.29 is 0 Å². The van der Waals surface area contributed by atoms with E-state index in [2.05, 4.69) is 31.4 Å². The second-order valence-electron chi connectivity index (χ2n) is 6.21. The molecule has 0 amide bonds. The Hall–Kier alpha value is -0.0800. The second kappa shape index (κ2) is 6.02. The number of hydrogen-bond donors (Lipinski definition) is 1. The summed E-state index contributed by atoms with van der Waals surface area (Å²) in [5.74, 6) is 2.10. The third-order valence-electron chi connectivity index (χ3n) is 4.24. The van der Waals surface area contributed by atoms with Gasteiger partial charge in [-0.3, -0.25) is 4.90 Å². The molecule has 2 rings (SSSR count). The zero-order valence-corrected chi connectivity index (χ0v) is 11.6. The Morgan fingerprint density at radius 1 is 0.938 bits per heavy atom. The number of likely N-dealkylation sites (tertiary alicyclic amines) is 1. The van der Waals surface area contributed by atoms with Crippen molar-refractivity contribution in [2.45, 2.75) is 58.4 Å². The lowest BCUT2D eigenvalue weighted by molar-refractivity contribution is 0.0287. The van der Waals surface area contributed by atoms with E-state index in [1.807, 2.05) is 0 Å². The number of fused-ring (bicyclic) bond motifs is 1. The Morgan fingerprint density at radius 2 is 1.50 bits per heavy atom. The highest BCUT2D eigenvalue weighted by molar-refractivity contribution is 4.88. The second-order valence-corrected chi connectivity index (χ2v) is 6.21. The zero-order chi connectivity index (χ0) is 12.2. The highest BCUT2D eigenvalue weighted by Gasteiger charge is 2.34. The molecule has 1 saturated heterocycles. The van der Waals surface area contributed by atoms with Gasteiger partial charge in [0.25, 0.3) is 0 Å². The van der Waals surface area contributed by atoms with Gasteiger partial charge in [0.2, 0.25) is 0 Å². The maximum Gasteiger partial charge on any atom is 0.0125 e. The quantitative estimate of drug-likeness (QED) is 0.688. The normalized spacial score (nSPS) is 31.3. The van der Waals surface area contributed by atoms with Crippen LogP contribution in [0.5, 0.6) is 0 Å². The molecule has 2 heteroatoms. The first-order valence-electron chi connectivity index (χ1n) is 6.90. The summed E-state index contributed by atoms with van der Waals surface area (Å²) in [6, 6.07) is 0. The van der Waals surface area contributed by atoms with Crippen LogP contribution in [0.4, 0.5) is 0 Å². The van der Waals surface area contributed by atoms with E-state index in [-0.39, 0.29) is 0 Å². The fraction of sp³-hybridized carbons (Fsp3) is 1.00. The number of rotatable bonds is 0. The van der Waals surface area contributed by atoms with Crippen LogP contribution in [0.3, 0.4) is 0 Å². The van der Waals surface area contributed by atoms with Gasteiger partial charge >= 0.3 is 0 Å². The van der Waals surface area contributed by atoms with Gasteiger partial charge in [-0.2, -0.15) is 0 Å². The molecule has 0 spiro atoms. The molecule has 1 aliphatic heterocycles. The van der Waals surface area contributed by atoms with Crippen molar-refractivity contribution in [3.63, 3.8) is 0 Å². The lowest BCUT2D eigenvalue weighted by atomic mass is 9.74. The van der Waals surface area contributed by atoms with E-state index in [9.17, 15) is 0 Å². The molecule has 2 atom stereocenters. The van der Waals surface area contributed by atoms with Crippen molar-refractivity contribution in [1.29, 1.82) is 0 Å². The summed E-state index contributed by atoms with van der Waals surface area (Å²) in [6.45, 7) is 9.78. The number of hydrogen-bond acceptors (Lipinski definition) is 2. The smallest absolute Gasteiger partial charge is 0.0125 e. The fourth-order valence-electron chi connectivity index (χ4n) is 3.21. The van der Waals surface area contributed by atoms with E-state index >= 15 is 0 Å². The van der Waals surface area contributed by atoms with Crippen LogP contribution in [0.1, 0.15) is 52.9 Å². The van der Waals surface area contributed by atoms with Gasteiger partial charge in [-0.25, -0.2) is 0 Å². The molecule has 2 nitrogen and oxygen atoms in total. The zero-order valence-electron chi connectivity index (χ0n) is 11.6. The minimum atomic E-state index is 0.391. The molecule has 1 saturated carbocycles. The third kappa shape index (κ3) is 3.46. The minimum absolute atomic E-state index is 0.391. The van der Waals surface area contributed by atoms with Crippen LogP contribution in [0.25, 0.3) is 0 Å². The van der Waals surface area contributed by atoms with Gasteiger partial charge in [0.05, 0.1) is 0 Å². The Balaban J connectivity index is 0.000000606. The Labute approximate surface area is 102 Å². The molecule has 1 heterocycles. The summed E-state index contributed by atoms with van der Waals surface area (Å²) >= 11 is 0. The molecule has 1 aliphatic carbocycles. The van der Waals surface area contributed by atoms with Gasteiger partial charge < -0.3 is 5.73 Å². The molecule has 0 radical (unpaired) electrons. The largest absolute Gasteiger partial charge is 0.333 e. The van der Waals surface area contributed by atoms with Gasteiger partial charge in [0.1, 0.15) is 0 Å². The van der Waals surface area contributed by atoms with E-state index in [0.717, 1.165) is 11.8 Å². The molecule has 2 aliphatic rings. The van der Waals surface area contributed by atoms with Crippen LogP contribution < -0.4 is 5.73 Å². The number of nitrogens with two attached hydrogens (primary N) is 1. The van der Waals surface area contributed by atoms with Crippen LogP contribution in [0.15, 0.2) is 0 Å². The molecule has 0 aromatic carbocycles. The summed E-state index contributed by atoms with van der Waals surface area (Å²) in [5, 5.41) is 0. The summed E-state index contributed by atoms with van der Waals surface area (Å²) in [7, 11) is 1.50. The van der Waals surface area contributed by atoms with E-state index < -0.39 is 0 Å². The van der Waals surface area contributed by atoms with Crippen molar-refractivity contribution in [2.24, 2.45) is 17.6 Å². The molecular weight excluding hydrogens is 196 g/mol. The highest BCUT2D eigenvalue weighted by Crippen LogP contribution is 2.37. The average Bonchev–Trinajstić information content (AvgIpc) is 2.30. The molecule has 16 heavy (non-hydrogen) atoms. The van der Waals surface area contributed by atoms with Crippen molar-refractivity contribution in [3.05, 3.63) is 0 Å². The van der Waals surface area contributed by atoms with Crippen LogP contribution in [0, 0.1) is 11.8 Å². The van der Waals surface area contributed by atoms with Crippen LogP contribution in [-0.4, -0.2) is 30.6 Å². The fourth-order valence-corrected chi connectivity index (χ4v) is 3.21.